The van der Waals surface area contributed by atoms with Gasteiger partial charge in [-0.15, -0.1) is 0 Å². The normalized spacial score (nSPS) is 10.1. The number of nitrogens with one attached hydrogen (secondary N) is 1. The average molecular weight is 243 g/mol. The van der Waals surface area contributed by atoms with E-state index in [1.807, 2.05) is 44.7 Å². The lowest BCUT2D eigenvalue weighted by Crippen LogP contribution is -2.21. The van der Waals surface area contributed by atoms with Gasteiger partial charge < -0.3 is 10.2 Å². The molecule has 0 radical (unpaired) electrons. The summed E-state index contributed by atoms with van der Waals surface area (Å²) >= 11 is 0. The van der Waals surface area contributed by atoms with Crippen molar-refractivity contribution in [3.8, 4) is 0 Å². The Morgan fingerprint density at radius 3 is 2.72 bits per heavy atom. The summed E-state index contributed by atoms with van der Waals surface area (Å²) in [6, 6.07) is 6.01. The first-order valence-corrected chi connectivity index (χ1v) is 5.89. The van der Waals surface area contributed by atoms with E-state index in [1.165, 1.54) is 5.56 Å². The van der Waals surface area contributed by atoms with Gasteiger partial charge in [0, 0.05) is 39.1 Å². The lowest BCUT2D eigenvalue weighted by molar-refractivity contribution is 0.854. The first-order chi connectivity index (χ1) is 8.79. The number of anilines is 2. The van der Waals surface area contributed by atoms with Crippen LogP contribution in [-0.2, 0) is 6.42 Å². The van der Waals surface area contributed by atoms with Gasteiger partial charge in [0.25, 0.3) is 0 Å². The predicted octanol–water partition coefficient (Wildman–Crippen LogP) is 1.59. The molecule has 0 aromatic carbocycles. The van der Waals surface area contributed by atoms with Crippen LogP contribution in [0.2, 0.25) is 0 Å². The van der Waals surface area contributed by atoms with Gasteiger partial charge >= 0.3 is 0 Å². The highest BCUT2D eigenvalue weighted by atomic mass is 15.2. The van der Waals surface area contributed by atoms with Crippen molar-refractivity contribution in [2.75, 3.05) is 30.9 Å². The molecular weight excluding hydrogens is 226 g/mol. The molecule has 5 nitrogen and oxygen atoms in total. The Kier molecular flexibility index (Phi) is 4.06. The molecular formula is C13H17N5. The van der Waals surface area contributed by atoms with E-state index < -0.39 is 0 Å². The van der Waals surface area contributed by atoms with Gasteiger partial charge in [-0.05, 0) is 24.1 Å². The van der Waals surface area contributed by atoms with Crippen molar-refractivity contribution < 1.29 is 0 Å². The minimum absolute atomic E-state index is 0.829. The molecule has 5 heteroatoms. The third kappa shape index (κ3) is 3.16. The highest BCUT2D eigenvalue weighted by Gasteiger charge is 2.04. The first kappa shape index (κ1) is 12.3. The largest absolute Gasteiger partial charge is 0.373 e. The van der Waals surface area contributed by atoms with Gasteiger partial charge in [0.05, 0.1) is 0 Å². The molecule has 1 N–H and O–H groups in total. The molecule has 94 valence electrons. The van der Waals surface area contributed by atoms with E-state index in [2.05, 4.69) is 25.2 Å². The molecule has 0 bridgehead atoms. The van der Waals surface area contributed by atoms with Gasteiger partial charge in [-0.3, -0.25) is 4.98 Å². The second-order valence-corrected chi connectivity index (χ2v) is 4.04. The van der Waals surface area contributed by atoms with Crippen LogP contribution < -0.4 is 10.2 Å². The number of pyridine rings is 1. The van der Waals surface area contributed by atoms with E-state index in [9.17, 15) is 0 Å². The van der Waals surface area contributed by atoms with Crippen LogP contribution in [0.25, 0.3) is 0 Å². The molecule has 0 aliphatic carbocycles. The summed E-state index contributed by atoms with van der Waals surface area (Å²) in [6.45, 7) is 0.907. The standard InChI is InChI=1S/C13H17N5/c1-14-12-9-13(17-10-16-12)18(2)8-5-11-3-6-15-7-4-11/h3-4,6-7,9-10H,5,8H2,1-2H3,(H,14,16,17). The molecule has 0 fully saturated rings. The molecule has 0 saturated heterocycles. The maximum Gasteiger partial charge on any atom is 0.133 e. The number of nitrogens with zero attached hydrogens (tertiary/aromatic N) is 4. The minimum atomic E-state index is 0.829. The maximum absolute atomic E-state index is 4.26. The van der Waals surface area contributed by atoms with Crippen molar-refractivity contribution in [1.29, 1.82) is 0 Å². The van der Waals surface area contributed by atoms with Crippen LogP contribution in [-0.4, -0.2) is 35.6 Å². The molecule has 0 unspecified atom stereocenters. The van der Waals surface area contributed by atoms with E-state index in [-0.39, 0.29) is 0 Å². The molecule has 0 saturated carbocycles. The fourth-order valence-electron chi connectivity index (χ4n) is 1.65. The average Bonchev–Trinajstić information content (AvgIpc) is 2.46. The van der Waals surface area contributed by atoms with Crippen molar-refractivity contribution in [2.24, 2.45) is 0 Å². The Balaban J connectivity index is 1.97. The smallest absolute Gasteiger partial charge is 0.133 e. The van der Waals surface area contributed by atoms with Crippen LogP contribution in [0.4, 0.5) is 11.6 Å². The van der Waals surface area contributed by atoms with E-state index >= 15 is 0 Å². The molecule has 0 atom stereocenters. The molecule has 0 aliphatic heterocycles. The van der Waals surface area contributed by atoms with Crippen LogP contribution in [0, 0.1) is 0 Å². The van der Waals surface area contributed by atoms with Gasteiger partial charge in [-0.25, -0.2) is 9.97 Å². The van der Waals surface area contributed by atoms with E-state index in [1.54, 1.807) is 6.33 Å². The fraction of sp³-hybridized carbons (Fsp3) is 0.308. The number of likely N-dealkylation sites (N-methyl/N-ethyl adjacent to an activating group) is 1. The molecule has 2 aromatic rings. The van der Waals surface area contributed by atoms with Crippen LogP contribution in [0.5, 0.6) is 0 Å². The third-order valence-electron chi connectivity index (χ3n) is 2.79. The van der Waals surface area contributed by atoms with Gasteiger partial charge in [0.1, 0.15) is 18.0 Å². The summed E-state index contributed by atoms with van der Waals surface area (Å²) < 4.78 is 0. The maximum atomic E-state index is 4.26. The number of hydrogen-bond acceptors (Lipinski definition) is 5. The second kappa shape index (κ2) is 5.95. The Labute approximate surface area is 107 Å². The second-order valence-electron chi connectivity index (χ2n) is 4.04. The van der Waals surface area contributed by atoms with E-state index in [0.717, 1.165) is 24.6 Å². The zero-order valence-electron chi connectivity index (χ0n) is 10.7. The molecule has 0 amide bonds. The van der Waals surface area contributed by atoms with Crippen molar-refractivity contribution in [2.45, 2.75) is 6.42 Å². The van der Waals surface area contributed by atoms with Crippen LogP contribution in [0.15, 0.2) is 36.9 Å². The minimum Gasteiger partial charge on any atom is -0.373 e. The summed E-state index contributed by atoms with van der Waals surface area (Å²) in [5.41, 5.74) is 1.28. The van der Waals surface area contributed by atoms with Crippen molar-refractivity contribution in [1.82, 2.24) is 15.0 Å². The number of aromatic nitrogens is 3. The van der Waals surface area contributed by atoms with Gasteiger partial charge in [-0.2, -0.15) is 0 Å². The Hall–Kier alpha value is -2.17. The lowest BCUT2D eigenvalue weighted by atomic mass is 10.2. The summed E-state index contributed by atoms with van der Waals surface area (Å²) in [5, 5.41) is 3.01. The van der Waals surface area contributed by atoms with E-state index in [4.69, 9.17) is 0 Å². The summed E-state index contributed by atoms with van der Waals surface area (Å²) in [6.07, 6.45) is 6.18. The third-order valence-corrected chi connectivity index (χ3v) is 2.79. The summed E-state index contributed by atoms with van der Waals surface area (Å²) in [4.78, 5) is 14.5. The first-order valence-electron chi connectivity index (χ1n) is 5.89. The zero-order chi connectivity index (χ0) is 12.8. The fourth-order valence-corrected chi connectivity index (χ4v) is 1.65. The molecule has 2 heterocycles. The monoisotopic (exact) mass is 243 g/mol. The molecule has 18 heavy (non-hydrogen) atoms. The SMILES string of the molecule is CNc1cc(N(C)CCc2ccncc2)ncn1. The van der Waals surface area contributed by atoms with Crippen molar-refractivity contribution in [3.63, 3.8) is 0 Å². The molecule has 2 rings (SSSR count). The van der Waals surface area contributed by atoms with Gasteiger partial charge in [0.15, 0.2) is 0 Å². The molecule has 2 aromatic heterocycles. The van der Waals surface area contributed by atoms with E-state index in [0.29, 0.717) is 0 Å². The highest BCUT2D eigenvalue weighted by molar-refractivity contribution is 5.47. The molecule has 0 aliphatic rings. The van der Waals surface area contributed by atoms with Crippen LogP contribution in [0.3, 0.4) is 0 Å². The zero-order valence-corrected chi connectivity index (χ0v) is 10.7. The summed E-state index contributed by atoms with van der Waals surface area (Å²) in [5.74, 6) is 1.75. The van der Waals surface area contributed by atoms with Crippen molar-refractivity contribution in [3.05, 3.63) is 42.5 Å². The van der Waals surface area contributed by atoms with Gasteiger partial charge in [-0.1, -0.05) is 0 Å². The Morgan fingerprint density at radius 2 is 2.00 bits per heavy atom. The Morgan fingerprint density at radius 1 is 1.22 bits per heavy atom. The number of rotatable bonds is 5. The topological polar surface area (TPSA) is 53.9 Å². The number of hydrogen-bond donors (Lipinski definition) is 1. The van der Waals surface area contributed by atoms with Gasteiger partial charge in [0.2, 0.25) is 0 Å². The summed E-state index contributed by atoms with van der Waals surface area (Å²) in [7, 11) is 3.88. The van der Waals surface area contributed by atoms with Crippen molar-refractivity contribution >= 4 is 11.6 Å². The highest BCUT2D eigenvalue weighted by Crippen LogP contribution is 2.12. The lowest BCUT2D eigenvalue weighted by Gasteiger charge is -2.18. The Bertz CT molecular complexity index is 486. The predicted molar refractivity (Wildman–Crippen MR) is 72.8 cm³/mol. The van der Waals surface area contributed by atoms with Crippen LogP contribution >= 0.6 is 0 Å². The quantitative estimate of drug-likeness (QED) is 0.864. The van der Waals surface area contributed by atoms with Crippen LogP contribution in [0.1, 0.15) is 5.56 Å². The molecule has 0 spiro atoms.